The van der Waals surface area contributed by atoms with Crippen LogP contribution in [0.25, 0.3) is 0 Å². The zero-order valence-electron chi connectivity index (χ0n) is 17.2. The highest BCUT2D eigenvalue weighted by atomic mass is 32.2. The molecule has 1 atom stereocenters. The molecule has 156 valence electrons. The smallest absolute Gasteiger partial charge is 0.191 e. The molecule has 2 fully saturated rings. The molecule has 1 aromatic rings. The summed E-state index contributed by atoms with van der Waals surface area (Å²) in [6.07, 6.45) is 9.37. The third-order valence-electron chi connectivity index (χ3n) is 5.98. The van der Waals surface area contributed by atoms with E-state index < -0.39 is 10.8 Å². The summed E-state index contributed by atoms with van der Waals surface area (Å²) in [5, 5.41) is 6.91. The number of aliphatic imine (C=N–C) groups is 1. The Morgan fingerprint density at radius 2 is 1.82 bits per heavy atom. The second-order valence-corrected chi connectivity index (χ2v) is 9.60. The van der Waals surface area contributed by atoms with E-state index in [9.17, 15) is 4.21 Å². The normalized spacial score (nSPS) is 21.4. The molecule has 1 heterocycles. The number of likely N-dealkylation sites (tertiary alicyclic amines) is 1. The van der Waals surface area contributed by atoms with E-state index in [1.165, 1.54) is 58.0 Å². The number of benzene rings is 1. The van der Waals surface area contributed by atoms with Crippen molar-refractivity contribution in [3.63, 3.8) is 0 Å². The van der Waals surface area contributed by atoms with Gasteiger partial charge in [0.05, 0.1) is 0 Å². The fourth-order valence-corrected chi connectivity index (χ4v) is 5.40. The molecule has 0 aromatic heterocycles. The number of piperidine rings is 1. The number of guanidine groups is 1. The molecular formula is C22H36N4OS. The molecule has 1 saturated carbocycles. The Labute approximate surface area is 172 Å². The number of hydrogen-bond acceptors (Lipinski definition) is 3. The van der Waals surface area contributed by atoms with Crippen LogP contribution >= 0.6 is 0 Å². The van der Waals surface area contributed by atoms with Gasteiger partial charge >= 0.3 is 0 Å². The second kappa shape index (κ2) is 11.6. The molecule has 3 rings (SSSR count). The van der Waals surface area contributed by atoms with E-state index in [4.69, 9.17) is 0 Å². The highest BCUT2D eigenvalue weighted by molar-refractivity contribution is 7.84. The first-order valence-corrected chi connectivity index (χ1v) is 12.3. The van der Waals surface area contributed by atoms with Crippen LogP contribution < -0.4 is 10.6 Å². The first-order chi connectivity index (χ1) is 13.7. The van der Waals surface area contributed by atoms with Crippen molar-refractivity contribution < 1.29 is 4.21 Å². The van der Waals surface area contributed by atoms with Crippen molar-refractivity contribution in [1.29, 1.82) is 0 Å². The van der Waals surface area contributed by atoms with Crippen LogP contribution in [0.5, 0.6) is 0 Å². The average molecular weight is 405 g/mol. The summed E-state index contributed by atoms with van der Waals surface area (Å²) in [6, 6.07) is 11.4. The molecule has 0 bridgehead atoms. The fraction of sp³-hybridized carbons (Fsp3) is 0.682. The lowest BCUT2D eigenvalue weighted by atomic mass is 9.92. The van der Waals surface area contributed by atoms with Crippen molar-refractivity contribution in [2.75, 3.05) is 32.4 Å². The van der Waals surface area contributed by atoms with Gasteiger partial charge in [-0.1, -0.05) is 49.6 Å². The average Bonchev–Trinajstić information content (AvgIpc) is 2.75. The Hall–Kier alpha value is -1.40. The van der Waals surface area contributed by atoms with E-state index in [1.807, 2.05) is 37.4 Å². The van der Waals surface area contributed by atoms with E-state index in [0.717, 1.165) is 17.6 Å². The topological polar surface area (TPSA) is 56.7 Å². The predicted molar refractivity (Wildman–Crippen MR) is 119 cm³/mol. The maximum Gasteiger partial charge on any atom is 0.191 e. The van der Waals surface area contributed by atoms with Crippen molar-refractivity contribution in [3.05, 3.63) is 35.9 Å². The van der Waals surface area contributed by atoms with Crippen LogP contribution in [-0.2, 0) is 16.6 Å². The number of rotatable bonds is 7. The third kappa shape index (κ3) is 6.89. The van der Waals surface area contributed by atoms with Gasteiger partial charge in [-0.3, -0.25) is 9.20 Å². The lowest BCUT2D eigenvalue weighted by Crippen LogP contribution is -2.51. The van der Waals surface area contributed by atoms with Crippen LogP contribution in [0.15, 0.2) is 35.3 Å². The van der Waals surface area contributed by atoms with Crippen LogP contribution in [0.1, 0.15) is 50.5 Å². The number of nitrogens with zero attached hydrogens (tertiary/aromatic N) is 2. The molecule has 1 aromatic carbocycles. The zero-order valence-corrected chi connectivity index (χ0v) is 18.1. The molecule has 1 saturated heterocycles. The molecule has 1 aliphatic heterocycles. The molecule has 0 radical (unpaired) electrons. The Morgan fingerprint density at radius 1 is 1.11 bits per heavy atom. The quantitative estimate of drug-likeness (QED) is 0.542. The molecule has 28 heavy (non-hydrogen) atoms. The maximum atomic E-state index is 12.3. The number of nitrogens with one attached hydrogen (secondary N) is 2. The van der Waals surface area contributed by atoms with Crippen molar-refractivity contribution in [2.24, 2.45) is 4.99 Å². The molecule has 1 unspecified atom stereocenters. The molecule has 5 nitrogen and oxygen atoms in total. The van der Waals surface area contributed by atoms with Crippen LogP contribution in [0.4, 0.5) is 0 Å². The van der Waals surface area contributed by atoms with E-state index in [0.29, 0.717) is 24.1 Å². The van der Waals surface area contributed by atoms with Gasteiger partial charge in [0.25, 0.3) is 0 Å². The summed E-state index contributed by atoms with van der Waals surface area (Å²) >= 11 is 0. The first kappa shape index (κ1) is 21.3. The Bertz CT molecular complexity index is 623. The summed E-state index contributed by atoms with van der Waals surface area (Å²) in [6.45, 7) is 3.07. The molecule has 0 amide bonds. The summed E-state index contributed by atoms with van der Waals surface area (Å²) in [7, 11) is 0.957. The summed E-state index contributed by atoms with van der Waals surface area (Å²) < 4.78 is 12.3. The standard InChI is InChI=1S/C22H36N4OS/c1-23-22(24-14-17-28(27)18-19-8-4-2-5-9-19)25-20-12-15-26(16-13-20)21-10-6-3-7-11-21/h2,4-5,8-9,20-21H,3,6-7,10-18H2,1H3,(H2,23,24,25). The third-order valence-corrected chi connectivity index (χ3v) is 7.29. The van der Waals surface area contributed by atoms with Gasteiger partial charge in [0.1, 0.15) is 0 Å². The van der Waals surface area contributed by atoms with Gasteiger partial charge < -0.3 is 15.5 Å². The van der Waals surface area contributed by atoms with Crippen LogP contribution in [0.2, 0.25) is 0 Å². The van der Waals surface area contributed by atoms with Crippen LogP contribution in [0.3, 0.4) is 0 Å². The minimum atomic E-state index is -0.856. The van der Waals surface area contributed by atoms with Crippen molar-refractivity contribution >= 4 is 16.8 Å². The molecule has 1 aliphatic carbocycles. The van der Waals surface area contributed by atoms with Crippen molar-refractivity contribution in [3.8, 4) is 0 Å². The van der Waals surface area contributed by atoms with E-state index in [1.54, 1.807) is 0 Å². The van der Waals surface area contributed by atoms with Crippen LogP contribution in [-0.4, -0.2) is 59.6 Å². The van der Waals surface area contributed by atoms with E-state index >= 15 is 0 Å². The summed E-state index contributed by atoms with van der Waals surface area (Å²) in [4.78, 5) is 7.06. The van der Waals surface area contributed by atoms with Gasteiger partial charge in [-0.25, -0.2) is 0 Å². The minimum absolute atomic E-state index is 0.487. The first-order valence-electron chi connectivity index (χ1n) is 10.8. The van der Waals surface area contributed by atoms with Crippen LogP contribution in [0, 0.1) is 0 Å². The van der Waals surface area contributed by atoms with Crippen molar-refractivity contribution in [1.82, 2.24) is 15.5 Å². The molecule has 2 N–H and O–H groups in total. The highest BCUT2D eigenvalue weighted by Gasteiger charge is 2.26. The van der Waals surface area contributed by atoms with Gasteiger partial charge in [-0.05, 0) is 31.2 Å². The minimum Gasteiger partial charge on any atom is -0.355 e. The SMILES string of the molecule is CN=C(NCCS(=O)Cc1ccccc1)NC1CCN(C2CCCCC2)CC1. The van der Waals surface area contributed by atoms with E-state index in [-0.39, 0.29) is 0 Å². The van der Waals surface area contributed by atoms with Crippen molar-refractivity contribution in [2.45, 2.75) is 62.8 Å². The Balaban J connectivity index is 1.33. The summed E-state index contributed by atoms with van der Waals surface area (Å²) in [5.41, 5.74) is 1.13. The maximum absolute atomic E-state index is 12.3. The second-order valence-electron chi connectivity index (χ2n) is 8.02. The van der Waals surface area contributed by atoms with Gasteiger partial charge in [0.15, 0.2) is 5.96 Å². The van der Waals surface area contributed by atoms with Gasteiger partial charge in [-0.15, -0.1) is 0 Å². The van der Waals surface area contributed by atoms with Gasteiger partial charge in [0.2, 0.25) is 0 Å². The lowest BCUT2D eigenvalue weighted by Gasteiger charge is -2.39. The Kier molecular flexibility index (Phi) is 8.80. The Morgan fingerprint density at radius 3 is 2.50 bits per heavy atom. The monoisotopic (exact) mass is 404 g/mol. The molecule has 6 heteroatoms. The fourth-order valence-electron chi connectivity index (χ4n) is 4.36. The largest absolute Gasteiger partial charge is 0.355 e. The lowest BCUT2D eigenvalue weighted by molar-refractivity contribution is 0.119. The number of hydrogen-bond donors (Lipinski definition) is 2. The van der Waals surface area contributed by atoms with Gasteiger partial charge in [-0.2, -0.15) is 0 Å². The predicted octanol–water partition coefficient (Wildman–Crippen LogP) is 2.90. The summed E-state index contributed by atoms with van der Waals surface area (Å²) in [5.74, 6) is 2.09. The molecule has 0 spiro atoms. The van der Waals surface area contributed by atoms with E-state index in [2.05, 4.69) is 20.5 Å². The highest BCUT2D eigenvalue weighted by Crippen LogP contribution is 2.25. The molecular weight excluding hydrogens is 368 g/mol. The van der Waals surface area contributed by atoms with Gasteiger partial charge in [0, 0.05) is 61.1 Å². The zero-order chi connectivity index (χ0) is 19.6. The molecule has 2 aliphatic rings.